The van der Waals surface area contributed by atoms with Crippen molar-refractivity contribution in [2.75, 3.05) is 6.54 Å². The minimum absolute atomic E-state index is 0.344. The van der Waals surface area contributed by atoms with Crippen LogP contribution in [0.2, 0.25) is 0 Å². The number of ether oxygens (including phenoxy) is 1. The molecule has 0 aliphatic heterocycles. The highest BCUT2D eigenvalue weighted by Crippen LogP contribution is 2.26. The topological polar surface area (TPSA) is 64.3 Å². The number of carbonyl (C=O) groups is 1. The second kappa shape index (κ2) is 6.13. The molecule has 0 saturated carbocycles. The van der Waals surface area contributed by atoms with Gasteiger partial charge in [-0.3, -0.25) is 10.1 Å². The minimum Gasteiger partial charge on any atom is -0.406 e. The second-order valence-electron chi connectivity index (χ2n) is 4.49. The van der Waals surface area contributed by atoms with Crippen LogP contribution in [0, 0.1) is 0 Å². The third-order valence-electron chi connectivity index (χ3n) is 2.89. The summed E-state index contributed by atoms with van der Waals surface area (Å²) in [6.45, 7) is 4.07. The summed E-state index contributed by atoms with van der Waals surface area (Å²) in [5.41, 5.74) is 4.72. The van der Waals surface area contributed by atoms with E-state index in [4.69, 9.17) is 5.73 Å². The van der Waals surface area contributed by atoms with Crippen molar-refractivity contribution in [1.82, 2.24) is 5.32 Å². The van der Waals surface area contributed by atoms with E-state index < -0.39 is 17.8 Å². The Kier molecular flexibility index (Phi) is 4.99. The molecule has 0 radical (unpaired) electrons. The van der Waals surface area contributed by atoms with Gasteiger partial charge in [0.25, 0.3) is 0 Å². The van der Waals surface area contributed by atoms with Crippen LogP contribution in [0.4, 0.5) is 13.2 Å². The van der Waals surface area contributed by atoms with Crippen LogP contribution in [0.5, 0.6) is 5.75 Å². The zero-order chi connectivity index (χ0) is 15.4. The van der Waals surface area contributed by atoms with Crippen molar-refractivity contribution in [3.8, 4) is 5.75 Å². The molecule has 112 valence electrons. The maximum Gasteiger partial charge on any atom is 0.573 e. The van der Waals surface area contributed by atoms with Gasteiger partial charge in [-0.2, -0.15) is 0 Å². The smallest absolute Gasteiger partial charge is 0.406 e. The Morgan fingerprint density at radius 1 is 1.30 bits per heavy atom. The maximum atomic E-state index is 12.1. The van der Waals surface area contributed by atoms with Gasteiger partial charge in [0.1, 0.15) is 11.3 Å². The summed E-state index contributed by atoms with van der Waals surface area (Å²) in [4.78, 5) is 11.6. The molecule has 1 unspecified atom stereocenters. The standard InChI is InChI=1S/C13H17F3N2O2/c1-3-8-18-12(2,11(17)19)9-4-6-10(7-5-9)20-13(14,15)16/h4-7,18H,3,8H2,1-2H3,(H2,17,19). The normalized spacial score (nSPS) is 14.7. The Morgan fingerprint density at radius 3 is 2.25 bits per heavy atom. The molecule has 0 aromatic heterocycles. The molecule has 0 fully saturated rings. The Labute approximate surface area is 115 Å². The lowest BCUT2D eigenvalue weighted by molar-refractivity contribution is -0.274. The molecule has 1 amide bonds. The number of halogens is 3. The van der Waals surface area contributed by atoms with Crippen LogP contribution in [-0.4, -0.2) is 18.8 Å². The van der Waals surface area contributed by atoms with Gasteiger partial charge in [0.05, 0.1) is 0 Å². The molecular formula is C13H17F3N2O2. The number of hydrogen-bond acceptors (Lipinski definition) is 3. The molecule has 0 heterocycles. The predicted molar refractivity (Wildman–Crippen MR) is 68.0 cm³/mol. The summed E-state index contributed by atoms with van der Waals surface area (Å²) in [7, 11) is 0. The van der Waals surface area contributed by atoms with Gasteiger partial charge < -0.3 is 10.5 Å². The van der Waals surface area contributed by atoms with Gasteiger partial charge in [-0.1, -0.05) is 19.1 Å². The number of benzene rings is 1. The lowest BCUT2D eigenvalue weighted by atomic mass is 9.91. The average molecular weight is 290 g/mol. The molecule has 0 spiro atoms. The number of nitrogens with one attached hydrogen (secondary N) is 1. The summed E-state index contributed by atoms with van der Waals surface area (Å²) < 4.78 is 40.0. The zero-order valence-electron chi connectivity index (χ0n) is 11.3. The number of amides is 1. The molecular weight excluding hydrogens is 273 g/mol. The van der Waals surface area contributed by atoms with Crippen molar-refractivity contribution < 1.29 is 22.7 Å². The summed E-state index contributed by atoms with van der Waals surface area (Å²) in [5.74, 6) is -0.945. The van der Waals surface area contributed by atoms with Gasteiger partial charge in [0, 0.05) is 0 Å². The third-order valence-corrected chi connectivity index (χ3v) is 2.89. The summed E-state index contributed by atoms with van der Waals surface area (Å²) in [6.07, 6.45) is -3.95. The van der Waals surface area contributed by atoms with Crippen LogP contribution in [0.3, 0.4) is 0 Å². The van der Waals surface area contributed by atoms with Crippen molar-refractivity contribution in [3.63, 3.8) is 0 Å². The molecule has 0 saturated heterocycles. The second-order valence-corrected chi connectivity index (χ2v) is 4.49. The van der Waals surface area contributed by atoms with Crippen LogP contribution in [0.1, 0.15) is 25.8 Å². The quantitative estimate of drug-likeness (QED) is 0.845. The number of carbonyl (C=O) groups excluding carboxylic acids is 1. The number of nitrogens with two attached hydrogens (primary N) is 1. The van der Waals surface area contributed by atoms with E-state index in [1.807, 2.05) is 6.92 Å². The van der Waals surface area contributed by atoms with Crippen LogP contribution in [-0.2, 0) is 10.3 Å². The Morgan fingerprint density at radius 2 is 1.85 bits per heavy atom. The van der Waals surface area contributed by atoms with Crippen molar-refractivity contribution in [2.45, 2.75) is 32.2 Å². The highest BCUT2D eigenvalue weighted by Gasteiger charge is 2.34. The first kappa shape index (κ1) is 16.3. The van der Waals surface area contributed by atoms with E-state index in [9.17, 15) is 18.0 Å². The van der Waals surface area contributed by atoms with Crippen molar-refractivity contribution in [3.05, 3.63) is 29.8 Å². The highest BCUT2D eigenvalue weighted by molar-refractivity contribution is 5.85. The Bertz CT molecular complexity index is 460. The SMILES string of the molecule is CCCNC(C)(C(N)=O)c1ccc(OC(F)(F)F)cc1. The molecule has 1 aromatic rings. The van der Waals surface area contributed by atoms with Crippen molar-refractivity contribution in [2.24, 2.45) is 5.73 Å². The molecule has 7 heteroatoms. The Balaban J connectivity index is 2.97. The molecule has 20 heavy (non-hydrogen) atoms. The Hall–Kier alpha value is -1.76. The summed E-state index contributed by atoms with van der Waals surface area (Å²) in [6, 6.07) is 5.07. The van der Waals surface area contributed by atoms with Crippen molar-refractivity contribution >= 4 is 5.91 Å². The lowest BCUT2D eigenvalue weighted by Gasteiger charge is -2.28. The minimum atomic E-state index is -4.74. The summed E-state index contributed by atoms with van der Waals surface area (Å²) >= 11 is 0. The zero-order valence-corrected chi connectivity index (χ0v) is 11.3. The van der Waals surface area contributed by atoms with E-state index in [-0.39, 0.29) is 5.75 Å². The van der Waals surface area contributed by atoms with E-state index in [1.165, 1.54) is 12.1 Å². The first-order valence-electron chi connectivity index (χ1n) is 6.10. The number of rotatable bonds is 6. The van der Waals surface area contributed by atoms with E-state index in [1.54, 1.807) is 6.92 Å². The van der Waals surface area contributed by atoms with Crippen LogP contribution in [0.15, 0.2) is 24.3 Å². The number of hydrogen-bond donors (Lipinski definition) is 2. The molecule has 1 atom stereocenters. The highest BCUT2D eigenvalue weighted by atomic mass is 19.4. The largest absolute Gasteiger partial charge is 0.573 e. The van der Waals surface area contributed by atoms with Gasteiger partial charge in [-0.05, 0) is 37.6 Å². The van der Waals surface area contributed by atoms with Gasteiger partial charge in [-0.15, -0.1) is 13.2 Å². The number of primary amides is 1. The summed E-state index contributed by atoms with van der Waals surface area (Å²) in [5, 5.41) is 2.99. The van der Waals surface area contributed by atoms with Crippen LogP contribution >= 0.6 is 0 Å². The molecule has 0 aliphatic rings. The monoisotopic (exact) mass is 290 g/mol. The molecule has 0 bridgehead atoms. The molecule has 1 rings (SSSR count). The maximum absolute atomic E-state index is 12.1. The molecule has 0 aliphatic carbocycles. The van der Waals surface area contributed by atoms with E-state index in [0.29, 0.717) is 12.1 Å². The van der Waals surface area contributed by atoms with Crippen LogP contribution in [0.25, 0.3) is 0 Å². The molecule has 4 nitrogen and oxygen atoms in total. The van der Waals surface area contributed by atoms with E-state index in [2.05, 4.69) is 10.1 Å². The fourth-order valence-electron chi connectivity index (χ4n) is 1.70. The van der Waals surface area contributed by atoms with Crippen LogP contribution < -0.4 is 15.8 Å². The van der Waals surface area contributed by atoms with Crippen molar-refractivity contribution in [1.29, 1.82) is 0 Å². The fourth-order valence-corrected chi connectivity index (χ4v) is 1.70. The molecule has 3 N–H and O–H groups in total. The van der Waals surface area contributed by atoms with Gasteiger partial charge in [-0.25, -0.2) is 0 Å². The van der Waals surface area contributed by atoms with Gasteiger partial charge >= 0.3 is 6.36 Å². The lowest BCUT2D eigenvalue weighted by Crippen LogP contribution is -2.50. The predicted octanol–water partition coefficient (Wildman–Crippen LogP) is 2.29. The van der Waals surface area contributed by atoms with Gasteiger partial charge in [0.15, 0.2) is 0 Å². The first-order valence-corrected chi connectivity index (χ1v) is 6.10. The van der Waals surface area contributed by atoms with E-state index in [0.717, 1.165) is 18.6 Å². The first-order chi connectivity index (χ1) is 9.19. The third kappa shape index (κ3) is 4.12. The fraction of sp³-hybridized carbons (Fsp3) is 0.462. The van der Waals surface area contributed by atoms with Gasteiger partial charge in [0.2, 0.25) is 5.91 Å². The number of alkyl halides is 3. The average Bonchev–Trinajstić information content (AvgIpc) is 2.34. The molecule has 1 aromatic carbocycles. The van der Waals surface area contributed by atoms with E-state index >= 15 is 0 Å².